The summed E-state index contributed by atoms with van der Waals surface area (Å²) in [7, 11) is 0. The fourth-order valence-corrected chi connectivity index (χ4v) is 4.15. The van der Waals surface area contributed by atoms with E-state index in [1.165, 1.54) is 25.7 Å². The zero-order chi connectivity index (χ0) is 16.2. The van der Waals surface area contributed by atoms with Crippen molar-refractivity contribution in [3.8, 4) is 6.07 Å². The molecule has 5 nitrogen and oxygen atoms in total. The maximum Gasteiger partial charge on any atom is 0.239 e. The predicted octanol–water partition coefficient (Wildman–Crippen LogP) is 2.54. The molecule has 6 heteroatoms. The van der Waals surface area contributed by atoms with Gasteiger partial charge in [-0.1, -0.05) is 19.3 Å². The zero-order valence-electron chi connectivity index (χ0n) is 14.1. The van der Waals surface area contributed by atoms with Gasteiger partial charge >= 0.3 is 0 Å². The van der Waals surface area contributed by atoms with Gasteiger partial charge in [0.25, 0.3) is 0 Å². The maximum absolute atomic E-state index is 12.6. The van der Waals surface area contributed by atoms with E-state index in [0.717, 1.165) is 25.4 Å². The Bertz CT molecular complexity index is 594. The molecule has 0 aromatic carbocycles. The molecular formula is C18H27ClN4O. The first kappa shape index (κ1) is 18.8. The topological polar surface area (TPSA) is 75.0 Å². The number of hydrogen-bond acceptors (Lipinski definition) is 3. The molecule has 1 aliphatic heterocycles. The molecule has 0 bridgehead atoms. The van der Waals surface area contributed by atoms with Crippen LogP contribution in [0.1, 0.15) is 44.2 Å². The van der Waals surface area contributed by atoms with E-state index >= 15 is 0 Å². The van der Waals surface area contributed by atoms with Crippen LogP contribution in [0.3, 0.4) is 0 Å². The number of nitriles is 1. The highest BCUT2D eigenvalue weighted by Crippen LogP contribution is 2.36. The predicted molar refractivity (Wildman–Crippen MR) is 95.6 cm³/mol. The lowest BCUT2D eigenvalue weighted by Gasteiger charge is -2.42. The Labute approximate surface area is 150 Å². The van der Waals surface area contributed by atoms with Crippen LogP contribution >= 0.6 is 12.4 Å². The van der Waals surface area contributed by atoms with Crippen molar-refractivity contribution in [3.05, 3.63) is 24.0 Å². The van der Waals surface area contributed by atoms with Gasteiger partial charge in [-0.15, -0.1) is 12.4 Å². The summed E-state index contributed by atoms with van der Waals surface area (Å²) in [5, 5.41) is 9.02. The van der Waals surface area contributed by atoms with Crippen LogP contribution in [-0.2, 0) is 11.3 Å². The minimum atomic E-state index is -0.468. The molecule has 1 amide bonds. The summed E-state index contributed by atoms with van der Waals surface area (Å²) in [5.74, 6) is 1.59. The first-order chi connectivity index (χ1) is 11.2. The van der Waals surface area contributed by atoms with Gasteiger partial charge in [0, 0.05) is 25.8 Å². The number of amides is 1. The van der Waals surface area contributed by atoms with Crippen molar-refractivity contribution >= 4 is 18.3 Å². The highest BCUT2D eigenvalue weighted by Gasteiger charge is 2.34. The molecular weight excluding hydrogens is 324 g/mol. The van der Waals surface area contributed by atoms with Gasteiger partial charge in [0.2, 0.25) is 5.91 Å². The Morgan fingerprint density at radius 1 is 1.33 bits per heavy atom. The van der Waals surface area contributed by atoms with Gasteiger partial charge in [0.15, 0.2) is 0 Å². The van der Waals surface area contributed by atoms with E-state index in [2.05, 4.69) is 6.07 Å². The van der Waals surface area contributed by atoms with E-state index in [0.29, 0.717) is 24.6 Å². The van der Waals surface area contributed by atoms with Gasteiger partial charge in [-0.25, -0.2) is 0 Å². The molecule has 2 N–H and O–H groups in total. The summed E-state index contributed by atoms with van der Waals surface area (Å²) in [6.45, 7) is 2.37. The normalized spacial score (nSPS) is 24.4. The quantitative estimate of drug-likeness (QED) is 0.906. The van der Waals surface area contributed by atoms with Crippen molar-refractivity contribution in [1.29, 1.82) is 5.26 Å². The Morgan fingerprint density at radius 3 is 2.83 bits per heavy atom. The van der Waals surface area contributed by atoms with Gasteiger partial charge in [-0.2, -0.15) is 5.26 Å². The number of carbonyl (C=O) groups is 1. The highest BCUT2D eigenvalue weighted by molar-refractivity contribution is 5.85. The van der Waals surface area contributed by atoms with Crippen LogP contribution in [0.4, 0.5) is 0 Å². The Hall–Kier alpha value is -1.51. The molecule has 1 saturated heterocycles. The lowest BCUT2D eigenvalue weighted by Crippen LogP contribution is -2.50. The second kappa shape index (κ2) is 8.55. The molecule has 1 saturated carbocycles. The Morgan fingerprint density at radius 2 is 2.08 bits per heavy atom. The first-order valence-corrected chi connectivity index (χ1v) is 8.78. The third-order valence-corrected chi connectivity index (χ3v) is 5.55. The number of nitrogens with two attached hydrogens (primary N) is 1. The van der Waals surface area contributed by atoms with Crippen LogP contribution in [0, 0.1) is 23.2 Å². The number of rotatable bonds is 4. The lowest BCUT2D eigenvalue weighted by molar-refractivity contribution is -0.135. The lowest BCUT2D eigenvalue weighted by atomic mass is 9.75. The molecule has 3 rings (SSSR count). The molecule has 1 aliphatic carbocycles. The summed E-state index contributed by atoms with van der Waals surface area (Å²) >= 11 is 0. The Balaban J connectivity index is 0.00000208. The van der Waals surface area contributed by atoms with E-state index < -0.39 is 6.04 Å². The second-order valence-corrected chi connectivity index (χ2v) is 6.97. The van der Waals surface area contributed by atoms with Crippen LogP contribution in [0.2, 0.25) is 0 Å². The monoisotopic (exact) mass is 350 g/mol. The first-order valence-electron chi connectivity index (χ1n) is 8.78. The Kier molecular flexibility index (Phi) is 6.70. The van der Waals surface area contributed by atoms with Crippen LogP contribution in [0.25, 0.3) is 0 Å². The minimum Gasteiger partial charge on any atom is -0.341 e. The number of likely N-dealkylation sites (tertiary alicyclic amines) is 1. The molecule has 2 heterocycles. The maximum atomic E-state index is 12.6. The number of hydrogen-bond donors (Lipinski definition) is 1. The largest absolute Gasteiger partial charge is 0.341 e. The van der Waals surface area contributed by atoms with Crippen molar-refractivity contribution in [3.63, 3.8) is 0 Å². The summed E-state index contributed by atoms with van der Waals surface area (Å²) in [6.07, 6.45) is 8.84. The average molecular weight is 351 g/mol. The van der Waals surface area contributed by atoms with Crippen molar-refractivity contribution in [2.24, 2.45) is 17.6 Å². The molecule has 1 aromatic rings. The van der Waals surface area contributed by atoms with Gasteiger partial charge < -0.3 is 15.2 Å². The van der Waals surface area contributed by atoms with E-state index in [1.54, 1.807) is 6.07 Å². The standard InChI is InChI=1S/C18H26N4O.ClH/c19-12-16-6-3-9-21(16)11-8-17(20)18(23)22-10-7-14-4-1-2-5-15(14)13-22;/h3,6,9,14-15,17H,1-2,4-5,7-8,10-11,13,20H2;1H. The van der Waals surface area contributed by atoms with Crippen molar-refractivity contribution in [1.82, 2.24) is 9.47 Å². The third kappa shape index (κ3) is 4.12. The average Bonchev–Trinajstić information content (AvgIpc) is 3.06. The fourth-order valence-electron chi connectivity index (χ4n) is 4.15. The number of aryl methyl sites for hydroxylation is 1. The van der Waals surface area contributed by atoms with E-state index in [9.17, 15) is 4.79 Å². The summed E-state index contributed by atoms with van der Waals surface area (Å²) in [6, 6.07) is 5.31. The number of piperidine rings is 1. The molecule has 0 spiro atoms. The SMILES string of the molecule is Cl.N#Cc1cccn1CCC(N)C(=O)N1CCC2CCCCC2C1. The fraction of sp³-hybridized carbons (Fsp3) is 0.667. The molecule has 3 atom stereocenters. The van der Waals surface area contributed by atoms with E-state index in [1.807, 2.05) is 21.7 Å². The number of halogens is 1. The van der Waals surface area contributed by atoms with E-state index in [4.69, 9.17) is 11.0 Å². The van der Waals surface area contributed by atoms with Crippen LogP contribution in [0.5, 0.6) is 0 Å². The van der Waals surface area contributed by atoms with Crippen molar-refractivity contribution < 1.29 is 4.79 Å². The molecule has 0 radical (unpaired) electrons. The minimum absolute atomic E-state index is 0. The molecule has 2 aliphatic rings. The number of nitrogens with zero attached hydrogens (tertiary/aromatic N) is 3. The highest BCUT2D eigenvalue weighted by atomic mass is 35.5. The van der Waals surface area contributed by atoms with Gasteiger partial charge in [-0.3, -0.25) is 4.79 Å². The van der Waals surface area contributed by atoms with Crippen molar-refractivity contribution in [2.45, 2.75) is 51.1 Å². The molecule has 3 unspecified atom stereocenters. The smallest absolute Gasteiger partial charge is 0.239 e. The van der Waals surface area contributed by atoms with E-state index in [-0.39, 0.29) is 18.3 Å². The number of aromatic nitrogens is 1. The van der Waals surface area contributed by atoms with Gasteiger partial charge in [0.05, 0.1) is 6.04 Å². The summed E-state index contributed by atoms with van der Waals surface area (Å²) in [5.41, 5.74) is 6.75. The zero-order valence-corrected chi connectivity index (χ0v) is 14.9. The molecule has 2 fully saturated rings. The second-order valence-electron chi connectivity index (χ2n) is 6.97. The van der Waals surface area contributed by atoms with Crippen LogP contribution < -0.4 is 5.73 Å². The molecule has 1 aromatic heterocycles. The summed E-state index contributed by atoms with van der Waals surface area (Å²) in [4.78, 5) is 14.6. The van der Waals surface area contributed by atoms with Crippen molar-refractivity contribution in [2.75, 3.05) is 13.1 Å². The van der Waals surface area contributed by atoms with Gasteiger partial charge in [-0.05, 0) is 43.2 Å². The van der Waals surface area contributed by atoms with Gasteiger partial charge in [0.1, 0.15) is 11.8 Å². The van der Waals surface area contributed by atoms with Crippen LogP contribution in [-0.4, -0.2) is 34.5 Å². The molecule has 132 valence electrons. The number of fused-ring (bicyclic) bond motifs is 1. The summed E-state index contributed by atoms with van der Waals surface area (Å²) < 4.78 is 1.86. The van der Waals surface area contributed by atoms with Crippen LogP contribution in [0.15, 0.2) is 18.3 Å². The molecule has 24 heavy (non-hydrogen) atoms. The number of carbonyl (C=O) groups excluding carboxylic acids is 1. The third-order valence-electron chi connectivity index (χ3n) is 5.55.